The predicted octanol–water partition coefficient (Wildman–Crippen LogP) is 1.77. The third-order valence-electron chi connectivity index (χ3n) is 4.17. The van der Waals surface area contributed by atoms with E-state index in [4.69, 9.17) is 10.9 Å². The van der Waals surface area contributed by atoms with Crippen LogP contribution >= 0.6 is 0 Å². The van der Waals surface area contributed by atoms with Crippen LogP contribution in [0.4, 0.5) is 5.69 Å². The minimum Gasteiger partial charge on any atom is -0.409 e. The van der Waals surface area contributed by atoms with Crippen LogP contribution < -0.4 is 11.1 Å². The van der Waals surface area contributed by atoms with Gasteiger partial charge in [-0.15, -0.1) is 0 Å². The van der Waals surface area contributed by atoms with Gasteiger partial charge in [0, 0.05) is 17.2 Å². The zero-order valence-electron chi connectivity index (χ0n) is 10.5. The maximum atomic E-state index is 12.1. The van der Waals surface area contributed by atoms with Crippen molar-refractivity contribution in [2.45, 2.75) is 19.3 Å². The molecule has 0 aliphatic heterocycles. The molecule has 0 aromatic heterocycles. The molecule has 0 spiro atoms. The van der Waals surface area contributed by atoms with E-state index in [1.54, 1.807) is 24.3 Å². The Morgan fingerprint density at radius 2 is 1.84 bits per heavy atom. The Balaban J connectivity index is 1.61. The highest BCUT2D eigenvalue weighted by Gasteiger charge is 2.47. The largest absolute Gasteiger partial charge is 0.409 e. The minimum absolute atomic E-state index is 0.0637. The van der Waals surface area contributed by atoms with E-state index in [0.29, 0.717) is 5.56 Å². The average molecular weight is 259 g/mol. The molecule has 2 unspecified atom stereocenters. The number of anilines is 1. The van der Waals surface area contributed by atoms with Gasteiger partial charge in [-0.3, -0.25) is 4.79 Å². The van der Waals surface area contributed by atoms with E-state index in [0.717, 1.165) is 30.4 Å². The highest BCUT2D eigenvalue weighted by molar-refractivity contribution is 5.98. The van der Waals surface area contributed by atoms with Crippen LogP contribution in [0.1, 0.15) is 24.8 Å². The number of nitrogens with one attached hydrogen (secondary N) is 1. The van der Waals surface area contributed by atoms with Crippen molar-refractivity contribution in [2.75, 3.05) is 5.32 Å². The molecule has 1 amide bonds. The zero-order valence-corrected chi connectivity index (χ0v) is 10.5. The van der Waals surface area contributed by atoms with Crippen molar-refractivity contribution in [3.8, 4) is 0 Å². The zero-order chi connectivity index (χ0) is 13.4. The van der Waals surface area contributed by atoms with Gasteiger partial charge in [0.1, 0.15) is 0 Å². The van der Waals surface area contributed by atoms with Gasteiger partial charge in [-0.05, 0) is 55.4 Å². The number of fused-ring (bicyclic) bond motifs is 1. The van der Waals surface area contributed by atoms with Crippen molar-refractivity contribution in [3.63, 3.8) is 0 Å². The molecule has 2 fully saturated rings. The monoisotopic (exact) mass is 259 g/mol. The lowest BCUT2D eigenvalue weighted by atomic mass is 10.0. The topological polar surface area (TPSA) is 87.7 Å². The quantitative estimate of drug-likeness (QED) is 0.334. The summed E-state index contributed by atoms with van der Waals surface area (Å²) in [5.74, 6) is 1.96. The van der Waals surface area contributed by atoms with Gasteiger partial charge in [-0.2, -0.15) is 0 Å². The van der Waals surface area contributed by atoms with Crippen molar-refractivity contribution in [3.05, 3.63) is 29.8 Å². The van der Waals surface area contributed by atoms with Crippen LogP contribution in [-0.2, 0) is 4.79 Å². The summed E-state index contributed by atoms with van der Waals surface area (Å²) in [7, 11) is 0. The first-order valence-electron chi connectivity index (χ1n) is 6.56. The maximum absolute atomic E-state index is 12.1. The third-order valence-corrected chi connectivity index (χ3v) is 4.17. The fourth-order valence-corrected chi connectivity index (χ4v) is 2.96. The molecule has 1 aromatic carbocycles. The van der Waals surface area contributed by atoms with Gasteiger partial charge in [-0.1, -0.05) is 5.16 Å². The Hall–Kier alpha value is -2.04. The number of amides is 1. The lowest BCUT2D eigenvalue weighted by Crippen LogP contribution is -2.21. The van der Waals surface area contributed by atoms with E-state index in [9.17, 15) is 4.79 Å². The van der Waals surface area contributed by atoms with Gasteiger partial charge >= 0.3 is 0 Å². The molecular formula is C14H17N3O2. The molecule has 0 radical (unpaired) electrons. The average Bonchev–Trinajstić information content (AvgIpc) is 3.05. The molecule has 100 valence electrons. The van der Waals surface area contributed by atoms with Crippen molar-refractivity contribution in [1.29, 1.82) is 0 Å². The number of hydrogen-bond acceptors (Lipinski definition) is 3. The second-order valence-electron chi connectivity index (χ2n) is 5.48. The van der Waals surface area contributed by atoms with Crippen LogP contribution in [0.5, 0.6) is 0 Å². The minimum atomic E-state index is 0.0637. The Morgan fingerprint density at radius 3 is 2.42 bits per heavy atom. The lowest BCUT2D eigenvalue weighted by molar-refractivity contribution is -0.120. The number of rotatable bonds is 3. The Bertz CT molecular complexity index is 514. The maximum Gasteiger partial charge on any atom is 0.227 e. The van der Waals surface area contributed by atoms with Crippen LogP contribution in [0.3, 0.4) is 0 Å². The van der Waals surface area contributed by atoms with Gasteiger partial charge in [-0.25, -0.2) is 0 Å². The number of oxime groups is 1. The van der Waals surface area contributed by atoms with E-state index in [2.05, 4.69) is 10.5 Å². The van der Waals surface area contributed by atoms with E-state index in [1.165, 1.54) is 6.42 Å². The molecule has 5 nitrogen and oxygen atoms in total. The third kappa shape index (κ3) is 2.41. The summed E-state index contributed by atoms with van der Waals surface area (Å²) in [4.78, 5) is 12.1. The van der Waals surface area contributed by atoms with E-state index in [1.807, 2.05) is 0 Å². The number of nitrogens with two attached hydrogens (primary N) is 1. The number of carbonyl (C=O) groups excluding carboxylic acids is 1. The molecule has 2 atom stereocenters. The van der Waals surface area contributed by atoms with Gasteiger partial charge in [0.25, 0.3) is 0 Å². The molecule has 19 heavy (non-hydrogen) atoms. The van der Waals surface area contributed by atoms with Gasteiger partial charge in [0.2, 0.25) is 5.91 Å². The van der Waals surface area contributed by atoms with Crippen molar-refractivity contribution >= 4 is 17.4 Å². The van der Waals surface area contributed by atoms with Gasteiger partial charge in [0.05, 0.1) is 0 Å². The molecule has 4 N–H and O–H groups in total. The molecule has 0 heterocycles. The van der Waals surface area contributed by atoms with Crippen LogP contribution in [0.25, 0.3) is 0 Å². The predicted molar refractivity (Wildman–Crippen MR) is 71.9 cm³/mol. The molecule has 0 bridgehead atoms. The van der Waals surface area contributed by atoms with E-state index >= 15 is 0 Å². The summed E-state index contributed by atoms with van der Waals surface area (Å²) in [6, 6.07) is 6.97. The highest BCUT2D eigenvalue weighted by Crippen LogP contribution is 2.54. The second-order valence-corrected chi connectivity index (χ2v) is 5.48. The fourth-order valence-electron chi connectivity index (χ4n) is 2.96. The standard InChI is InChI=1S/C14H17N3O2/c15-13(17-19)8-1-3-12(4-2-8)16-14(18)11-6-9-5-10(9)7-11/h1-4,9-11,19H,5-7H2,(H2,15,17)(H,16,18). The number of carbonyl (C=O) groups is 1. The Kier molecular flexibility index (Phi) is 2.89. The first-order chi connectivity index (χ1) is 9.17. The summed E-state index contributed by atoms with van der Waals surface area (Å²) in [5.41, 5.74) is 6.86. The summed E-state index contributed by atoms with van der Waals surface area (Å²) >= 11 is 0. The molecule has 1 aromatic rings. The molecular weight excluding hydrogens is 242 g/mol. The first kappa shape index (κ1) is 12.0. The number of nitrogens with zero attached hydrogens (tertiary/aromatic N) is 1. The van der Waals surface area contributed by atoms with Crippen molar-refractivity contribution in [2.24, 2.45) is 28.6 Å². The lowest BCUT2D eigenvalue weighted by Gasteiger charge is -2.12. The van der Waals surface area contributed by atoms with Crippen LogP contribution in [0.15, 0.2) is 29.4 Å². The summed E-state index contributed by atoms with van der Waals surface area (Å²) < 4.78 is 0. The summed E-state index contributed by atoms with van der Waals surface area (Å²) in [6.07, 6.45) is 3.40. The van der Waals surface area contributed by atoms with Crippen LogP contribution in [-0.4, -0.2) is 17.0 Å². The molecule has 3 rings (SSSR count). The summed E-state index contributed by atoms with van der Waals surface area (Å²) in [5, 5.41) is 14.4. The SMILES string of the molecule is NC(=NO)c1ccc(NC(=O)C2CC3CC3C2)cc1. The molecule has 0 saturated heterocycles. The van der Waals surface area contributed by atoms with Crippen molar-refractivity contribution < 1.29 is 10.0 Å². The van der Waals surface area contributed by atoms with Gasteiger partial charge < -0.3 is 16.3 Å². The number of hydrogen-bond donors (Lipinski definition) is 3. The fraction of sp³-hybridized carbons (Fsp3) is 0.429. The highest BCUT2D eigenvalue weighted by atomic mass is 16.4. The van der Waals surface area contributed by atoms with Crippen LogP contribution in [0.2, 0.25) is 0 Å². The van der Waals surface area contributed by atoms with Crippen LogP contribution in [0, 0.1) is 17.8 Å². The molecule has 2 aliphatic carbocycles. The molecule has 2 aliphatic rings. The summed E-state index contributed by atoms with van der Waals surface area (Å²) in [6.45, 7) is 0. The number of benzene rings is 1. The smallest absolute Gasteiger partial charge is 0.227 e. The Labute approximate surface area is 111 Å². The number of amidine groups is 1. The first-order valence-corrected chi connectivity index (χ1v) is 6.56. The molecule has 2 saturated carbocycles. The molecule has 5 heteroatoms. The normalized spacial score (nSPS) is 28.8. The van der Waals surface area contributed by atoms with Gasteiger partial charge in [0.15, 0.2) is 5.84 Å². The Morgan fingerprint density at radius 1 is 1.21 bits per heavy atom. The second kappa shape index (κ2) is 4.57. The van der Waals surface area contributed by atoms with Crippen molar-refractivity contribution in [1.82, 2.24) is 0 Å². The van der Waals surface area contributed by atoms with E-state index < -0.39 is 0 Å². The van der Waals surface area contributed by atoms with E-state index in [-0.39, 0.29) is 17.7 Å².